The molecule has 0 fully saturated rings. The van der Waals surface area contributed by atoms with E-state index in [-0.39, 0.29) is 13.2 Å². The molecule has 3 aromatic carbocycles. The van der Waals surface area contributed by atoms with Crippen molar-refractivity contribution in [3.8, 4) is 23.0 Å². The molecule has 0 radical (unpaired) electrons. The number of benzene rings is 3. The second-order valence-electron chi connectivity index (χ2n) is 8.84. The van der Waals surface area contributed by atoms with Crippen molar-refractivity contribution in [1.29, 1.82) is 0 Å². The summed E-state index contributed by atoms with van der Waals surface area (Å²) in [6, 6.07) is 19.6. The van der Waals surface area contributed by atoms with Crippen molar-refractivity contribution in [1.82, 2.24) is 20.6 Å². The minimum absolute atomic E-state index is 0.253. The molecule has 8 nitrogen and oxygen atoms in total. The van der Waals surface area contributed by atoms with E-state index in [4.69, 9.17) is 28.9 Å². The lowest BCUT2D eigenvalue weighted by Gasteiger charge is -2.16. The maximum Gasteiger partial charge on any atom is 0.132 e. The topological polar surface area (TPSA) is 86.8 Å². The van der Waals surface area contributed by atoms with Crippen LogP contribution in [0.25, 0.3) is 11.0 Å². The molecule has 0 saturated heterocycles. The average Bonchev–Trinajstić information content (AvgIpc) is 2.94. The minimum atomic E-state index is 0.253. The van der Waals surface area contributed by atoms with Crippen molar-refractivity contribution in [3.63, 3.8) is 0 Å². The van der Waals surface area contributed by atoms with Crippen LogP contribution in [0.15, 0.2) is 60.7 Å². The first-order chi connectivity index (χ1) is 18.2. The lowest BCUT2D eigenvalue weighted by Crippen LogP contribution is -2.22. The van der Waals surface area contributed by atoms with Crippen LogP contribution in [-0.4, -0.2) is 37.3 Å². The summed E-state index contributed by atoms with van der Waals surface area (Å²) in [5.41, 5.74) is 5.21. The van der Waals surface area contributed by atoms with Gasteiger partial charge in [0.15, 0.2) is 0 Å². The van der Waals surface area contributed by atoms with Gasteiger partial charge in [-0.05, 0) is 43.8 Å². The molecule has 1 aromatic heterocycles. The van der Waals surface area contributed by atoms with Crippen molar-refractivity contribution in [3.05, 3.63) is 83.2 Å². The molecular formula is C29H32N4O4. The zero-order chi connectivity index (χ0) is 25.5. The van der Waals surface area contributed by atoms with Gasteiger partial charge in [-0.15, -0.1) is 0 Å². The summed E-state index contributed by atoms with van der Waals surface area (Å²) in [5.74, 6) is 3.00. The van der Waals surface area contributed by atoms with Gasteiger partial charge in [0.1, 0.15) is 47.6 Å². The zero-order valence-electron chi connectivity index (χ0n) is 21.3. The Bertz CT molecular complexity index is 1260. The molecule has 1 aliphatic heterocycles. The fourth-order valence-electron chi connectivity index (χ4n) is 4.27. The molecule has 0 unspecified atom stereocenters. The minimum Gasteiger partial charge on any atom is -0.497 e. The smallest absolute Gasteiger partial charge is 0.132 e. The fourth-order valence-corrected chi connectivity index (χ4v) is 4.27. The van der Waals surface area contributed by atoms with Gasteiger partial charge >= 0.3 is 0 Å². The Balaban J connectivity index is 1.51. The Kier molecular flexibility index (Phi) is 7.98. The number of ether oxygens (including phenoxy) is 4. The third kappa shape index (κ3) is 6.10. The summed E-state index contributed by atoms with van der Waals surface area (Å²) in [6.07, 6.45) is 0.991. The molecular weight excluding hydrogens is 468 g/mol. The highest BCUT2D eigenvalue weighted by atomic mass is 16.5. The Hall–Kier alpha value is -3.88. The van der Waals surface area contributed by atoms with Crippen LogP contribution < -0.4 is 29.6 Å². The quantitative estimate of drug-likeness (QED) is 0.419. The number of methoxy groups -OCH3 is 2. The molecule has 192 valence electrons. The summed E-state index contributed by atoms with van der Waals surface area (Å²) in [6.45, 7) is 3.66. The lowest BCUT2D eigenvalue weighted by molar-refractivity contribution is 0.273. The monoisotopic (exact) mass is 500 g/mol. The lowest BCUT2D eigenvalue weighted by atomic mass is 10.2. The SMILES string of the molecule is COc1ccc2c(c1)OCc1nc3ccccc3nc1COc1cc(OC)ccc1CNCCCNC2. The normalized spacial score (nSPS) is 14.8. The molecule has 0 spiro atoms. The molecule has 0 bridgehead atoms. The number of para-hydroxylation sites is 2. The van der Waals surface area contributed by atoms with E-state index in [1.807, 2.05) is 60.7 Å². The number of hydrogen-bond donors (Lipinski definition) is 2. The predicted octanol–water partition coefficient (Wildman–Crippen LogP) is 4.39. The second kappa shape index (κ2) is 11.9. The largest absolute Gasteiger partial charge is 0.497 e. The number of aromatic nitrogens is 2. The van der Waals surface area contributed by atoms with Gasteiger partial charge in [0.05, 0.1) is 25.3 Å². The van der Waals surface area contributed by atoms with Crippen LogP contribution in [0.4, 0.5) is 0 Å². The number of fused-ring (bicyclic) bond motifs is 4. The Labute approximate surface area is 216 Å². The molecule has 0 atom stereocenters. The Morgan fingerprint density at radius 3 is 1.62 bits per heavy atom. The van der Waals surface area contributed by atoms with Gasteiger partial charge in [-0.1, -0.05) is 24.3 Å². The average molecular weight is 501 g/mol. The van der Waals surface area contributed by atoms with E-state index in [0.29, 0.717) is 13.1 Å². The molecule has 1 aliphatic rings. The van der Waals surface area contributed by atoms with Crippen LogP contribution in [0, 0.1) is 0 Å². The fraction of sp³-hybridized carbons (Fsp3) is 0.310. The van der Waals surface area contributed by atoms with Crippen LogP contribution >= 0.6 is 0 Å². The third-order valence-electron chi connectivity index (χ3n) is 6.34. The summed E-state index contributed by atoms with van der Waals surface area (Å²) < 4.78 is 23.5. The van der Waals surface area contributed by atoms with Gasteiger partial charge in [-0.3, -0.25) is 0 Å². The zero-order valence-corrected chi connectivity index (χ0v) is 21.3. The van der Waals surface area contributed by atoms with Crippen molar-refractivity contribution >= 4 is 11.0 Å². The standard InChI is InChI=1S/C29H32N4O4/c1-34-22-10-8-20-16-30-12-5-13-31-17-21-9-11-23(35-2)15-29(21)37-19-27-26(18-36-28(20)14-22)32-24-6-3-4-7-25(24)33-27/h3-4,6-11,14-15,30-31H,5,12-13,16-19H2,1-2H3. The van der Waals surface area contributed by atoms with Crippen molar-refractivity contribution in [2.45, 2.75) is 32.7 Å². The van der Waals surface area contributed by atoms with E-state index in [1.54, 1.807) is 14.2 Å². The van der Waals surface area contributed by atoms with E-state index in [2.05, 4.69) is 10.6 Å². The van der Waals surface area contributed by atoms with Crippen LogP contribution in [0.2, 0.25) is 0 Å². The Morgan fingerprint density at radius 1 is 0.676 bits per heavy atom. The van der Waals surface area contributed by atoms with Crippen LogP contribution in [0.5, 0.6) is 23.0 Å². The number of rotatable bonds is 2. The predicted molar refractivity (Wildman–Crippen MR) is 142 cm³/mol. The number of hydrogen-bond acceptors (Lipinski definition) is 8. The number of nitrogens with zero attached hydrogens (tertiary/aromatic N) is 2. The number of nitrogens with one attached hydrogen (secondary N) is 2. The van der Waals surface area contributed by atoms with Gasteiger partial charge in [0.25, 0.3) is 0 Å². The van der Waals surface area contributed by atoms with E-state index in [1.165, 1.54) is 0 Å². The molecule has 2 N–H and O–H groups in total. The van der Waals surface area contributed by atoms with E-state index < -0.39 is 0 Å². The van der Waals surface area contributed by atoms with Gasteiger partial charge in [-0.25, -0.2) is 9.97 Å². The first-order valence-corrected chi connectivity index (χ1v) is 12.5. The first-order valence-electron chi connectivity index (χ1n) is 12.5. The summed E-state index contributed by atoms with van der Waals surface area (Å²) in [7, 11) is 3.31. The van der Waals surface area contributed by atoms with Crippen LogP contribution in [0.1, 0.15) is 28.9 Å². The van der Waals surface area contributed by atoms with Crippen LogP contribution in [0.3, 0.4) is 0 Å². The third-order valence-corrected chi connectivity index (χ3v) is 6.34. The second-order valence-corrected chi connectivity index (χ2v) is 8.84. The molecule has 4 aromatic rings. The molecule has 0 saturated carbocycles. The maximum absolute atomic E-state index is 6.33. The molecule has 2 heterocycles. The highest BCUT2D eigenvalue weighted by molar-refractivity contribution is 5.74. The van der Waals surface area contributed by atoms with E-state index in [0.717, 1.165) is 76.1 Å². The molecule has 5 rings (SSSR count). The van der Waals surface area contributed by atoms with E-state index in [9.17, 15) is 0 Å². The highest BCUT2D eigenvalue weighted by Crippen LogP contribution is 2.28. The first kappa shape index (κ1) is 24.8. The summed E-state index contributed by atoms with van der Waals surface area (Å²) in [5, 5.41) is 7.04. The summed E-state index contributed by atoms with van der Waals surface area (Å²) in [4.78, 5) is 9.78. The van der Waals surface area contributed by atoms with Crippen molar-refractivity contribution in [2.75, 3.05) is 27.3 Å². The Morgan fingerprint density at radius 2 is 1.16 bits per heavy atom. The van der Waals surface area contributed by atoms with Crippen LogP contribution in [-0.2, 0) is 26.3 Å². The summed E-state index contributed by atoms with van der Waals surface area (Å²) >= 11 is 0. The van der Waals surface area contributed by atoms with Crippen molar-refractivity contribution in [2.24, 2.45) is 0 Å². The van der Waals surface area contributed by atoms with Gasteiger partial charge in [0.2, 0.25) is 0 Å². The maximum atomic E-state index is 6.33. The van der Waals surface area contributed by atoms with Crippen molar-refractivity contribution < 1.29 is 18.9 Å². The van der Waals surface area contributed by atoms with Gasteiger partial charge < -0.3 is 29.6 Å². The highest BCUT2D eigenvalue weighted by Gasteiger charge is 2.15. The van der Waals surface area contributed by atoms with Gasteiger partial charge in [0, 0.05) is 36.3 Å². The molecule has 0 aliphatic carbocycles. The van der Waals surface area contributed by atoms with Gasteiger partial charge in [-0.2, -0.15) is 0 Å². The molecule has 37 heavy (non-hydrogen) atoms. The molecule has 0 amide bonds. The molecule has 8 heteroatoms. The van der Waals surface area contributed by atoms with E-state index >= 15 is 0 Å².